The van der Waals surface area contributed by atoms with Crippen molar-refractivity contribution in [2.24, 2.45) is 0 Å². The van der Waals surface area contributed by atoms with Crippen LogP contribution < -0.4 is 10.8 Å². The fraction of sp³-hybridized carbons (Fsp3) is 0.833. The number of aliphatic hydroxyl groups is 1. The summed E-state index contributed by atoms with van der Waals surface area (Å²) in [4.78, 5) is 19.9. The molecule has 1 heterocycles. The summed E-state index contributed by atoms with van der Waals surface area (Å²) in [6, 6.07) is 0. The number of halogens is 3. The molecule has 0 spiro atoms. The molecule has 7 nitrogen and oxygen atoms in total. The predicted molar refractivity (Wildman–Crippen MR) is 64.0 cm³/mol. The van der Waals surface area contributed by atoms with E-state index in [4.69, 9.17) is 24.5 Å². The second kappa shape index (κ2) is 10.4. The Kier molecular flexibility index (Phi) is 9.70. The molecule has 4 N–H and O–H groups in total. The van der Waals surface area contributed by atoms with E-state index in [1.54, 1.807) is 0 Å². The number of ether oxygens (including phenoxy) is 2. The summed E-state index contributed by atoms with van der Waals surface area (Å²) in [6.07, 6.45) is -2.41. The molecule has 0 unspecified atom stereocenters. The van der Waals surface area contributed by atoms with Crippen molar-refractivity contribution in [2.45, 2.75) is 44.1 Å². The summed E-state index contributed by atoms with van der Waals surface area (Å²) in [5.41, 5.74) is 3.66. The molecule has 0 aromatic carbocycles. The molecular weight excluding hydrogens is 311 g/mol. The fourth-order valence-electron chi connectivity index (χ4n) is 1.56. The van der Waals surface area contributed by atoms with E-state index >= 15 is 0 Å². The van der Waals surface area contributed by atoms with Crippen LogP contribution in [0.4, 0.5) is 13.2 Å². The van der Waals surface area contributed by atoms with E-state index in [0.29, 0.717) is 13.0 Å². The van der Waals surface area contributed by atoms with Crippen LogP contribution >= 0.6 is 0 Å². The van der Waals surface area contributed by atoms with Gasteiger partial charge in [0.2, 0.25) is 0 Å². The molecular formula is C12H20F3NO6. The number of rotatable bonds is 6. The maximum atomic E-state index is 11.2. The summed E-state index contributed by atoms with van der Waals surface area (Å²) in [6.45, 7) is 1.11. The summed E-state index contributed by atoms with van der Waals surface area (Å²) in [7, 11) is 0. The molecule has 10 heteroatoms. The molecule has 2 atom stereocenters. The second-order valence-electron chi connectivity index (χ2n) is 4.57. The highest BCUT2D eigenvalue weighted by Gasteiger charge is 2.28. The van der Waals surface area contributed by atoms with Crippen molar-refractivity contribution < 1.29 is 48.2 Å². The first-order valence-corrected chi connectivity index (χ1v) is 6.70. The molecule has 1 rings (SSSR count). The van der Waals surface area contributed by atoms with Gasteiger partial charge in [-0.25, -0.2) is 0 Å². The van der Waals surface area contributed by atoms with Gasteiger partial charge >= 0.3 is 12.1 Å². The molecule has 0 amide bonds. The van der Waals surface area contributed by atoms with Gasteiger partial charge in [-0.1, -0.05) is 0 Å². The average Bonchev–Trinajstić information content (AvgIpc) is 2.90. The molecule has 22 heavy (non-hydrogen) atoms. The zero-order valence-corrected chi connectivity index (χ0v) is 11.9. The number of carbonyl (C=O) groups excluding carboxylic acids is 2. The lowest BCUT2D eigenvalue weighted by atomic mass is 10.2. The smallest absolute Gasteiger partial charge is 0.430 e. The number of carbonyl (C=O) groups is 2. The maximum absolute atomic E-state index is 11.2. The van der Waals surface area contributed by atoms with Crippen LogP contribution in [0.3, 0.4) is 0 Å². The lowest BCUT2D eigenvalue weighted by molar-refractivity contribution is -0.368. The number of aliphatic hydroxyl groups excluding tert-OH is 1. The molecule has 0 radical (unpaired) electrons. The highest BCUT2D eigenvalue weighted by Crippen LogP contribution is 2.19. The molecule has 0 aromatic heterocycles. The van der Waals surface area contributed by atoms with Crippen molar-refractivity contribution in [1.82, 2.24) is 0 Å². The largest absolute Gasteiger partial charge is 0.542 e. The minimum Gasteiger partial charge on any atom is -0.542 e. The third-order valence-corrected chi connectivity index (χ3v) is 2.69. The third-order valence-electron chi connectivity index (χ3n) is 2.69. The first-order chi connectivity index (χ1) is 10.2. The summed E-state index contributed by atoms with van der Waals surface area (Å²) in [5, 5.41) is 17.6. The SMILES string of the molecule is O=C([O-])C(F)(F)F.[NH3+]CCCC(=O)OC[C@@H]1CC[C@@H](CO)O1. The lowest BCUT2D eigenvalue weighted by Gasteiger charge is -2.12. The van der Waals surface area contributed by atoms with Crippen molar-refractivity contribution in [3.05, 3.63) is 0 Å². The quantitative estimate of drug-likeness (QED) is 0.565. The first-order valence-electron chi connectivity index (χ1n) is 6.70. The molecule has 1 saturated heterocycles. The standard InChI is InChI=1S/C10H19NO4.C2HF3O2/c11-5-1-2-10(13)14-7-9-4-3-8(6-12)15-9;3-2(4,5)1(6)7/h8-9,12H,1-7,11H2;(H,6,7)/t8-,9-;/m0./s1. The zero-order valence-electron chi connectivity index (χ0n) is 11.9. The van der Waals surface area contributed by atoms with Crippen LogP contribution in [0.15, 0.2) is 0 Å². The van der Waals surface area contributed by atoms with Gasteiger partial charge in [-0.15, -0.1) is 0 Å². The molecule has 1 aliphatic rings. The van der Waals surface area contributed by atoms with Crippen molar-refractivity contribution in [2.75, 3.05) is 19.8 Å². The van der Waals surface area contributed by atoms with Crippen LogP contribution in [0.1, 0.15) is 25.7 Å². The van der Waals surface area contributed by atoms with Gasteiger partial charge in [0.25, 0.3) is 0 Å². The monoisotopic (exact) mass is 331 g/mol. The Morgan fingerprint density at radius 1 is 1.32 bits per heavy atom. The van der Waals surface area contributed by atoms with Crippen molar-refractivity contribution in [3.63, 3.8) is 0 Å². The van der Waals surface area contributed by atoms with Crippen LogP contribution in [-0.2, 0) is 19.1 Å². The Labute approximate surface area is 125 Å². The van der Waals surface area contributed by atoms with Gasteiger partial charge in [0.1, 0.15) is 12.6 Å². The van der Waals surface area contributed by atoms with Gasteiger partial charge in [0.15, 0.2) is 0 Å². The van der Waals surface area contributed by atoms with E-state index in [1.807, 2.05) is 0 Å². The van der Waals surface area contributed by atoms with Gasteiger partial charge in [0, 0.05) is 6.42 Å². The number of aliphatic carboxylic acids is 1. The summed E-state index contributed by atoms with van der Waals surface area (Å²) in [5.74, 6) is -3.19. The molecule has 1 aliphatic heterocycles. The van der Waals surface area contributed by atoms with Gasteiger partial charge in [-0.3, -0.25) is 4.79 Å². The maximum Gasteiger partial charge on any atom is 0.430 e. The van der Waals surface area contributed by atoms with E-state index in [2.05, 4.69) is 5.73 Å². The third kappa shape index (κ3) is 9.53. The van der Waals surface area contributed by atoms with Gasteiger partial charge in [0.05, 0.1) is 31.8 Å². The molecule has 0 aliphatic carbocycles. The molecule has 0 aromatic rings. The Bertz CT molecular complexity index is 350. The number of esters is 1. The average molecular weight is 331 g/mol. The molecule has 0 saturated carbocycles. The highest BCUT2D eigenvalue weighted by molar-refractivity contribution is 5.70. The summed E-state index contributed by atoms with van der Waals surface area (Å²) >= 11 is 0. The van der Waals surface area contributed by atoms with Crippen molar-refractivity contribution >= 4 is 11.9 Å². The number of hydrogen-bond donors (Lipinski definition) is 2. The Hall–Kier alpha value is -1.39. The lowest BCUT2D eigenvalue weighted by Crippen LogP contribution is -2.50. The summed E-state index contributed by atoms with van der Waals surface area (Å²) < 4.78 is 42.0. The highest BCUT2D eigenvalue weighted by atomic mass is 19.4. The van der Waals surface area contributed by atoms with Crippen molar-refractivity contribution in [3.8, 4) is 0 Å². The van der Waals surface area contributed by atoms with Crippen molar-refractivity contribution in [1.29, 1.82) is 0 Å². The van der Waals surface area contributed by atoms with Crippen LogP contribution in [0.2, 0.25) is 0 Å². The van der Waals surface area contributed by atoms with E-state index < -0.39 is 12.1 Å². The number of carboxylic acid groups (broad SMARTS) is 1. The van der Waals surface area contributed by atoms with Crippen LogP contribution in [0, 0.1) is 0 Å². The second-order valence-corrected chi connectivity index (χ2v) is 4.57. The number of quaternary nitrogens is 1. The number of alkyl halides is 3. The zero-order chi connectivity index (χ0) is 17.2. The van der Waals surface area contributed by atoms with Crippen LogP contribution in [0.25, 0.3) is 0 Å². The first kappa shape index (κ1) is 20.6. The Balaban J connectivity index is 0.000000534. The van der Waals surface area contributed by atoms with E-state index in [9.17, 15) is 18.0 Å². The van der Waals surface area contributed by atoms with Gasteiger partial charge < -0.3 is 30.2 Å². The van der Waals surface area contributed by atoms with E-state index in [0.717, 1.165) is 25.8 Å². The van der Waals surface area contributed by atoms with Crippen LogP contribution in [-0.4, -0.2) is 55.2 Å². The fourth-order valence-corrected chi connectivity index (χ4v) is 1.56. The molecule has 130 valence electrons. The molecule has 0 bridgehead atoms. The van der Waals surface area contributed by atoms with Gasteiger partial charge in [-0.05, 0) is 12.8 Å². The minimum absolute atomic E-state index is 0.0362. The van der Waals surface area contributed by atoms with E-state index in [1.165, 1.54) is 0 Å². The number of carboxylic acids is 1. The number of hydrogen-bond acceptors (Lipinski definition) is 6. The molecule has 1 fully saturated rings. The normalized spacial score (nSPS) is 21.0. The van der Waals surface area contributed by atoms with Crippen LogP contribution in [0.5, 0.6) is 0 Å². The topological polar surface area (TPSA) is 124 Å². The van der Waals surface area contributed by atoms with Gasteiger partial charge in [-0.2, -0.15) is 13.2 Å². The van der Waals surface area contributed by atoms with E-state index in [-0.39, 0.29) is 24.8 Å². The predicted octanol–water partition coefficient (Wildman–Crippen LogP) is -1.61. The Morgan fingerprint density at radius 3 is 2.27 bits per heavy atom. The minimum atomic E-state index is -5.19. The Morgan fingerprint density at radius 2 is 1.86 bits per heavy atom.